The van der Waals surface area contributed by atoms with Crippen LogP contribution >= 0.6 is 0 Å². The monoisotopic (exact) mass is 366 g/mol. The molecule has 0 spiro atoms. The van der Waals surface area contributed by atoms with Crippen LogP contribution in [-0.2, 0) is 13.6 Å². The third kappa shape index (κ3) is 3.55. The lowest BCUT2D eigenvalue weighted by Crippen LogP contribution is -2.33. The molecular weight excluding hydrogens is 348 g/mol. The summed E-state index contributed by atoms with van der Waals surface area (Å²) in [6.07, 6.45) is 4.63. The molecule has 1 atom stereocenters. The van der Waals surface area contributed by atoms with Gasteiger partial charge in [-0.3, -0.25) is 14.3 Å². The van der Waals surface area contributed by atoms with Gasteiger partial charge in [0.25, 0.3) is 11.5 Å². The lowest BCUT2D eigenvalue weighted by atomic mass is 10.2. The van der Waals surface area contributed by atoms with E-state index in [0.717, 1.165) is 5.75 Å². The summed E-state index contributed by atoms with van der Waals surface area (Å²) in [4.78, 5) is 24.3. The van der Waals surface area contributed by atoms with Crippen LogP contribution in [-0.4, -0.2) is 33.0 Å². The molecule has 27 heavy (non-hydrogen) atoms. The van der Waals surface area contributed by atoms with Gasteiger partial charge in [-0.2, -0.15) is 5.10 Å². The van der Waals surface area contributed by atoms with Gasteiger partial charge in [-0.05, 0) is 24.3 Å². The SMILES string of the molecule is Cn1cccc(C(=O)Nc2cnn(C[C@@H]3COc4ccccc4O3)c2)c1=O. The van der Waals surface area contributed by atoms with Crippen LogP contribution in [0.15, 0.2) is 59.8 Å². The molecule has 0 aliphatic carbocycles. The summed E-state index contributed by atoms with van der Waals surface area (Å²) in [6.45, 7) is 0.885. The van der Waals surface area contributed by atoms with Gasteiger partial charge in [0, 0.05) is 19.4 Å². The number of aryl methyl sites for hydroxylation is 1. The molecule has 2 aromatic heterocycles. The van der Waals surface area contributed by atoms with Crippen LogP contribution in [0.1, 0.15) is 10.4 Å². The third-order valence-corrected chi connectivity index (χ3v) is 4.22. The number of fused-ring (bicyclic) bond motifs is 1. The molecule has 0 bridgehead atoms. The van der Waals surface area contributed by atoms with Crippen molar-refractivity contribution in [3.63, 3.8) is 0 Å². The summed E-state index contributed by atoms with van der Waals surface area (Å²) in [5, 5.41) is 6.93. The van der Waals surface area contributed by atoms with E-state index < -0.39 is 5.91 Å². The molecule has 8 heteroatoms. The van der Waals surface area contributed by atoms with Crippen molar-refractivity contribution in [1.29, 1.82) is 0 Å². The number of para-hydroxylation sites is 2. The summed E-state index contributed by atoms with van der Waals surface area (Å²) >= 11 is 0. The highest BCUT2D eigenvalue weighted by atomic mass is 16.6. The molecule has 0 unspecified atom stereocenters. The van der Waals surface area contributed by atoms with Gasteiger partial charge in [-0.25, -0.2) is 0 Å². The van der Waals surface area contributed by atoms with Crippen molar-refractivity contribution in [3.05, 3.63) is 70.9 Å². The number of pyridine rings is 1. The number of nitrogens with zero attached hydrogens (tertiary/aromatic N) is 3. The Balaban J connectivity index is 1.41. The van der Waals surface area contributed by atoms with Crippen molar-refractivity contribution >= 4 is 11.6 Å². The standard InChI is InChI=1S/C19H18N4O4/c1-22-8-4-5-15(19(22)25)18(24)21-13-9-20-23(10-13)11-14-12-26-16-6-2-3-7-17(16)27-14/h2-10,14H,11-12H2,1H3,(H,21,24)/t14-/m1/s1. The predicted molar refractivity (Wildman–Crippen MR) is 98.2 cm³/mol. The number of carbonyl (C=O) groups is 1. The van der Waals surface area contributed by atoms with Crippen LogP contribution < -0.4 is 20.3 Å². The van der Waals surface area contributed by atoms with Gasteiger partial charge in [-0.1, -0.05) is 12.1 Å². The highest BCUT2D eigenvalue weighted by Gasteiger charge is 2.21. The van der Waals surface area contributed by atoms with E-state index in [1.807, 2.05) is 24.3 Å². The van der Waals surface area contributed by atoms with Crippen LogP contribution in [0.2, 0.25) is 0 Å². The summed E-state index contributed by atoms with van der Waals surface area (Å²) < 4.78 is 14.6. The van der Waals surface area contributed by atoms with E-state index in [4.69, 9.17) is 9.47 Å². The highest BCUT2D eigenvalue weighted by molar-refractivity contribution is 6.03. The molecule has 1 N–H and O–H groups in total. The quantitative estimate of drug-likeness (QED) is 0.759. The van der Waals surface area contributed by atoms with Gasteiger partial charge in [0.1, 0.15) is 12.2 Å². The second-order valence-corrected chi connectivity index (χ2v) is 6.24. The molecular formula is C19H18N4O4. The fourth-order valence-electron chi connectivity index (χ4n) is 2.86. The fourth-order valence-corrected chi connectivity index (χ4v) is 2.86. The second-order valence-electron chi connectivity index (χ2n) is 6.24. The average Bonchev–Trinajstić information content (AvgIpc) is 3.10. The van der Waals surface area contributed by atoms with Crippen molar-refractivity contribution in [2.45, 2.75) is 12.6 Å². The number of amides is 1. The lowest BCUT2D eigenvalue weighted by molar-refractivity contribution is 0.0759. The molecule has 1 aliphatic rings. The minimum absolute atomic E-state index is 0.0772. The molecule has 0 saturated heterocycles. The van der Waals surface area contributed by atoms with E-state index in [9.17, 15) is 9.59 Å². The number of carbonyl (C=O) groups excluding carboxylic acids is 1. The number of aromatic nitrogens is 3. The Morgan fingerprint density at radius 1 is 1.26 bits per heavy atom. The normalized spacial score (nSPS) is 15.4. The zero-order valence-electron chi connectivity index (χ0n) is 14.7. The topological polar surface area (TPSA) is 87.4 Å². The van der Waals surface area contributed by atoms with Crippen LogP contribution in [0.25, 0.3) is 0 Å². The number of rotatable bonds is 4. The maximum absolute atomic E-state index is 12.3. The summed E-state index contributed by atoms with van der Waals surface area (Å²) in [5.74, 6) is 0.961. The first-order valence-corrected chi connectivity index (χ1v) is 8.48. The minimum Gasteiger partial charge on any atom is -0.486 e. The summed E-state index contributed by atoms with van der Waals surface area (Å²) in [7, 11) is 1.60. The number of nitrogens with one attached hydrogen (secondary N) is 1. The van der Waals surface area contributed by atoms with E-state index in [1.54, 1.807) is 30.2 Å². The number of hydrogen-bond donors (Lipinski definition) is 1. The number of hydrogen-bond acceptors (Lipinski definition) is 5. The first-order valence-electron chi connectivity index (χ1n) is 8.48. The molecule has 4 rings (SSSR count). The molecule has 0 radical (unpaired) electrons. The van der Waals surface area contributed by atoms with Crippen LogP contribution in [0.5, 0.6) is 11.5 Å². The summed E-state index contributed by atoms with van der Waals surface area (Å²) in [6, 6.07) is 10.6. The molecule has 0 fully saturated rings. The Hall–Kier alpha value is -3.55. The van der Waals surface area contributed by atoms with Gasteiger partial charge in [0.2, 0.25) is 0 Å². The van der Waals surface area contributed by atoms with Crippen LogP contribution in [0.4, 0.5) is 5.69 Å². The van der Waals surface area contributed by atoms with Gasteiger partial charge in [0.05, 0.1) is 18.4 Å². The highest BCUT2D eigenvalue weighted by Crippen LogP contribution is 2.31. The second kappa shape index (κ2) is 6.99. The van der Waals surface area contributed by atoms with Gasteiger partial charge in [0.15, 0.2) is 17.6 Å². The lowest BCUT2D eigenvalue weighted by Gasteiger charge is -2.26. The number of benzene rings is 1. The maximum atomic E-state index is 12.3. The van der Waals surface area contributed by atoms with Gasteiger partial charge < -0.3 is 19.4 Å². The first-order chi connectivity index (χ1) is 13.1. The van der Waals surface area contributed by atoms with E-state index in [2.05, 4.69) is 10.4 Å². The fraction of sp³-hybridized carbons (Fsp3) is 0.211. The molecule has 8 nitrogen and oxygen atoms in total. The van der Waals surface area contributed by atoms with Gasteiger partial charge in [-0.15, -0.1) is 0 Å². The molecule has 1 aromatic carbocycles. The van der Waals surface area contributed by atoms with Crippen molar-refractivity contribution < 1.29 is 14.3 Å². The first kappa shape index (κ1) is 16.9. The Kier molecular flexibility index (Phi) is 4.37. The van der Waals surface area contributed by atoms with E-state index in [-0.39, 0.29) is 17.2 Å². The van der Waals surface area contributed by atoms with Crippen LogP contribution in [0, 0.1) is 0 Å². The zero-order valence-corrected chi connectivity index (χ0v) is 14.7. The molecule has 1 amide bonds. The zero-order chi connectivity index (χ0) is 18.8. The Morgan fingerprint density at radius 3 is 2.93 bits per heavy atom. The van der Waals surface area contributed by atoms with Crippen molar-refractivity contribution in [2.24, 2.45) is 7.05 Å². The van der Waals surface area contributed by atoms with Crippen molar-refractivity contribution in [3.8, 4) is 11.5 Å². The number of anilines is 1. The molecule has 0 saturated carbocycles. The molecule has 3 heterocycles. The average molecular weight is 366 g/mol. The van der Waals surface area contributed by atoms with Crippen molar-refractivity contribution in [2.75, 3.05) is 11.9 Å². The number of ether oxygens (including phenoxy) is 2. The summed E-state index contributed by atoms with van der Waals surface area (Å²) in [5.41, 5.74) is 0.227. The predicted octanol–water partition coefficient (Wildman–Crippen LogP) is 1.67. The Bertz CT molecular complexity index is 1040. The largest absolute Gasteiger partial charge is 0.486 e. The molecule has 1 aliphatic heterocycles. The maximum Gasteiger partial charge on any atom is 0.263 e. The van der Waals surface area contributed by atoms with E-state index in [0.29, 0.717) is 24.6 Å². The molecule has 138 valence electrons. The van der Waals surface area contributed by atoms with E-state index in [1.165, 1.54) is 16.8 Å². The Labute approximate surface area is 155 Å². The van der Waals surface area contributed by atoms with Crippen LogP contribution in [0.3, 0.4) is 0 Å². The van der Waals surface area contributed by atoms with Crippen molar-refractivity contribution in [1.82, 2.24) is 14.3 Å². The van der Waals surface area contributed by atoms with E-state index >= 15 is 0 Å². The van der Waals surface area contributed by atoms with Gasteiger partial charge >= 0.3 is 0 Å². The third-order valence-electron chi connectivity index (χ3n) is 4.22. The smallest absolute Gasteiger partial charge is 0.263 e. The Morgan fingerprint density at radius 2 is 2.07 bits per heavy atom. The minimum atomic E-state index is -0.470. The molecule has 3 aromatic rings.